The minimum Gasteiger partial charge on any atom is -0.777 e. The molecular formula is C42H54F6N18O18P6. The number of hydrogen-bond acceptors (Lipinski definition) is 30. The fraction of sp³-hybridized carbons (Fsp3) is 0.143. The van der Waals surface area contributed by atoms with E-state index in [2.05, 4.69) is 29.9 Å². The summed E-state index contributed by atoms with van der Waals surface area (Å²) in [4.78, 5) is 68.5. The minimum absolute atomic E-state index is 0.377. The number of diazo groups is 6. The average Bonchev–Trinajstić information content (AvgIpc) is 3.69. The van der Waals surface area contributed by atoms with Crippen LogP contribution in [0.5, 0.6) is 34.5 Å². The zero-order chi connectivity index (χ0) is 71.1. The molecule has 6 aromatic rings. The maximum Gasteiger partial charge on any atom is 0.426 e. The maximum absolute atomic E-state index is 9.99. The Morgan fingerprint density at radius 3 is 0.433 bits per heavy atom. The number of nitrogens with zero attached hydrogens (tertiary/aromatic N) is 12. The molecule has 0 heterocycles. The highest BCUT2D eigenvalue weighted by molar-refractivity contribution is 7.30. The molecule has 0 aliphatic rings. The Morgan fingerprint density at radius 2 is 0.367 bits per heavy atom. The van der Waals surface area contributed by atoms with Crippen molar-refractivity contribution >= 4 is 118 Å². The monoisotopic (exact) mass is 1400 g/mol. The topological polar surface area (TPSA) is 621 Å². The molecule has 0 radical (unpaired) electrons. The molecule has 492 valence electrons. The lowest BCUT2D eigenvalue weighted by atomic mass is 10.2. The van der Waals surface area contributed by atoms with Crippen molar-refractivity contribution in [1.29, 1.82) is 32.4 Å². The third-order valence-corrected chi connectivity index (χ3v) is 7.87. The fourth-order valence-corrected chi connectivity index (χ4v) is 4.66. The standard InChI is InChI=1S/6C7H8N3O.6FH2O2P/c6*1-11-7-4-5(8)2-3-6(7)10-9;6*1-4(2)3/h6*2-4H,8H2,1H3;6*4H,(H,2,3)/q6*+1;;;;;;/p-6. The zero-order valence-corrected chi connectivity index (χ0v) is 52.8. The van der Waals surface area contributed by atoms with E-state index in [9.17, 15) is 25.2 Å². The van der Waals surface area contributed by atoms with Crippen molar-refractivity contribution in [2.24, 2.45) is 0 Å². The van der Waals surface area contributed by atoms with Crippen molar-refractivity contribution in [2.75, 3.05) is 77.1 Å². The van der Waals surface area contributed by atoms with Crippen LogP contribution in [0.15, 0.2) is 109 Å². The van der Waals surface area contributed by atoms with Crippen molar-refractivity contribution in [1.82, 2.24) is 0 Å². The van der Waals surface area contributed by atoms with Gasteiger partial charge in [0.2, 0.25) is 66.9 Å². The van der Waals surface area contributed by atoms with Crippen molar-refractivity contribution in [3.8, 4) is 34.5 Å². The molecule has 0 aromatic heterocycles. The van der Waals surface area contributed by atoms with Crippen molar-refractivity contribution in [2.45, 2.75) is 0 Å². The second kappa shape index (κ2) is 56.9. The van der Waals surface area contributed by atoms with E-state index in [1.807, 2.05) is 0 Å². The van der Waals surface area contributed by atoms with Crippen molar-refractivity contribution < 1.29 is 110 Å². The SMILES string of the molecule is COc1cc(N)ccc1[N+]#N.COc1cc(N)ccc1[N+]#N.COc1cc(N)ccc1[N+]#N.COc1cc(N)ccc1[N+]#N.COc1cc(N)ccc1[N+]#N.COc1cc(N)ccc1[N+]#N.O=[PH]([O-])F.O=[PH]([O-])F.O=[PH]([O-])F.O=[PH]([O-])F.O=[PH]([O-])F.O=[PH]([O-])F. The third-order valence-electron chi connectivity index (χ3n) is 7.87. The molecule has 6 atom stereocenters. The van der Waals surface area contributed by atoms with Crippen LogP contribution in [0.4, 0.5) is 93.4 Å². The number of rotatable bonds is 6. The molecule has 6 unspecified atom stereocenters. The van der Waals surface area contributed by atoms with E-state index in [1.165, 1.54) is 42.7 Å². The molecule has 0 fully saturated rings. The van der Waals surface area contributed by atoms with Crippen molar-refractivity contribution in [3.63, 3.8) is 0 Å². The molecule has 0 spiro atoms. The molecule has 6 rings (SSSR count). The fourth-order valence-electron chi connectivity index (χ4n) is 4.66. The Morgan fingerprint density at radius 1 is 0.278 bits per heavy atom. The summed E-state index contributed by atoms with van der Waals surface area (Å²) in [6, 6.07) is 28.8. The summed E-state index contributed by atoms with van der Waals surface area (Å²) in [5, 5.41) is 50.7. The van der Waals surface area contributed by atoms with Crippen LogP contribution in [0.2, 0.25) is 0 Å². The summed E-state index contributed by atoms with van der Waals surface area (Å²) in [7, 11) is -14.3. The first kappa shape index (κ1) is 91.3. The molecule has 0 amide bonds. The summed E-state index contributed by atoms with van der Waals surface area (Å²) in [6.07, 6.45) is 0. The van der Waals surface area contributed by atoms with Gasteiger partial charge in [-0.2, -0.15) is 0 Å². The first-order valence-electron chi connectivity index (χ1n) is 22.0. The number of hydrogen-bond donors (Lipinski definition) is 6. The largest absolute Gasteiger partial charge is 0.777 e. The van der Waals surface area contributed by atoms with Crippen LogP contribution < -0.4 is 92.2 Å². The lowest BCUT2D eigenvalue weighted by molar-refractivity contribution is -0.175. The van der Waals surface area contributed by atoms with E-state index in [0.29, 0.717) is 103 Å². The predicted molar refractivity (Wildman–Crippen MR) is 314 cm³/mol. The third kappa shape index (κ3) is 54.8. The number of methoxy groups -OCH3 is 6. The molecule has 36 nitrogen and oxygen atoms in total. The van der Waals surface area contributed by atoms with Gasteiger partial charge in [0.05, 0.1) is 42.7 Å². The van der Waals surface area contributed by atoms with Gasteiger partial charge in [0.15, 0.2) is 79.9 Å². The summed E-state index contributed by atoms with van der Waals surface area (Å²) in [5.74, 6) is 2.79. The molecule has 0 aliphatic carbocycles. The highest BCUT2D eigenvalue weighted by Crippen LogP contribution is 2.33. The number of halogens is 6. The Balaban J connectivity index is -0.000000219. The number of ether oxygens (including phenoxy) is 6. The van der Waals surface area contributed by atoms with Gasteiger partial charge in [0, 0.05) is 107 Å². The van der Waals surface area contributed by atoms with E-state index in [-0.39, 0.29) is 0 Å². The van der Waals surface area contributed by atoms with E-state index < -0.39 is 50.0 Å². The lowest BCUT2D eigenvalue weighted by Gasteiger charge is -1.95. The summed E-state index contributed by atoms with van der Waals surface area (Å²) < 4.78 is 140. The van der Waals surface area contributed by atoms with Gasteiger partial charge in [0.1, 0.15) is 0 Å². The van der Waals surface area contributed by atoms with Crippen LogP contribution in [-0.2, 0) is 27.4 Å². The molecule has 6 aromatic carbocycles. The van der Waals surface area contributed by atoms with Crippen LogP contribution in [-0.4, -0.2) is 42.7 Å². The zero-order valence-electron chi connectivity index (χ0n) is 46.8. The summed E-state index contributed by atoms with van der Waals surface area (Å²) >= 11 is 0. The average molecular weight is 1400 g/mol. The van der Waals surface area contributed by atoms with Crippen LogP contribution in [0.1, 0.15) is 0 Å². The second-order valence-corrected chi connectivity index (χ2v) is 16.5. The number of nitrogen functional groups attached to an aromatic ring is 6. The van der Waals surface area contributed by atoms with Gasteiger partial charge in [-0.25, -0.2) is 25.2 Å². The molecule has 12 N–H and O–H groups in total. The smallest absolute Gasteiger partial charge is 0.426 e. The van der Waals surface area contributed by atoms with Gasteiger partial charge >= 0.3 is 34.1 Å². The van der Waals surface area contributed by atoms with Gasteiger partial charge in [-0.15, -0.1) is 0 Å². The van der Waals surface area contributed by atoms with E-state index >= 15 is 0 Å². The van der Waals surface area contributed by atoms with Crippen LogP contribution in [0, 0.1) is 32.4 Å². The first-order valence-corrected chi connectivity index (χ1v) is 29.1. The molecule has 0 saturated heterocycles. The normalized spacial score (nSPS) is 10.5. The number of nitrogens with two attached hydrogens (primary N) is 6. The molecule has 0 bridgehead atoms. The van der Waals surface area contributed by atoms with E-state index in [0.717, 1.165) is 0 Å². The van der Waals surface area contributed by atoms with E-state index in [1.54, 1.807) is 109 Å². The number of benzene rings is 6. The molecule has 90 heavy (non-hydrogen) atoms. The highest BCUT2D eigenvalue weighted by Gasteiger charge is 2.17. The quantitative estimate of drug-likeness (QED) is 0.0392. The van der Waals surface area contributed by atoms with Crippen LogP contribution in [0.3, 0.4) is 0 Å². The summed E-state index contributed by atoms with van der Waals surface area (Å²) in [6.45, 7) is 0. The molecule has 0 saturated carbocycles. The van der Waals surface area contributed by atoms with E-state index in [4.69, 9.17) is 152 Å². The lowest BCUT2D eigenvalue weighted by Crippen LogP contribution is -1.87. The van der Waals surface area contributed by atoms with Gasteiger partial charge in [-0.3, -0.25) is 0 Å². The first-order chi connectivity index (χ1) is 42.0. The van der Waals surface area contributed by atoms with Gasteiger partial charge < -0.3 is 120 Å². The minimum atomic E-state index is -3.88. The van der Waals surface area contributed by atoms with Gasteiger partial charge in [-0.05, 0) is 36.4 Å². The summed E-state index contributed by atoms with van der Waals surface area (Å²) in [5.41, 5.74) is 38.5. The Bertz CT molecular complexity index is 2920. The Labute approximate surface area is 510 Å². The number of anilines is 6. The predicted octanol–water partition coefficient (Wildman–Crippen LogP) is 8.81. The Hall–Kier alpha value is -9.84. The Kier molecular flexibility index (Phi) is 57.8. The van der Waals surface area contributed by atoms with Gasteiger partial charge in [0.25, 0.3) is 0 Å². The second-order valence-electron chi connectivity index (χ2n) is 13.6. The molecular weight excluding hydrogens is 1340 g/mol. The molecule has 48 heteroatoms. The van der Waals surface area contributed by atoms with Gasteiger partial charge in [-0.1, -0.05) is 0 Å². The van der Waals surface area contributed by atoms with Crippen molar-refractivity contribution in [3.05, 3.63) is 139 Å². The van der Waals surface area contributed by atoms with Crippen LogP contribution >= 0.6 is 50.0 Å². The maximum atomic E-state index is 9.99. The highest BCUT2D eigenvalue weighted by atomic mass is 31.2. The molecule has 0 aliphatic heterocycles. The van der Waals surface area contributed by atoms with Crippen LogP contribution in [0.25, 0.3) is 29.9 Å².